The molecular formula is C22H22N4O2S. The van der Waals surface area contributed by atoms with Gasteiger partial charge in [0.2, 0.25) is 5.91 Å². The number of primary amides is 1. The predicted molar refractivity (Wildman–Crippen MR) is 111 cm³/mol. The molecular weight excluding hydrogens is 384 g/mol. The Kier molecular flexibility index (Phi) is 5.15. The van der Waals surface area contributed by atoms with Crippen molar-refractivity contribution in [2.45, 2.75) is 38.8 Å². The molecule has 2 amide bonds. The fourth-order valence-corrected chi connectivity index (χ4v) is 4.82. The summed E-state index contributed by atoms with van der Waals surface area (Å²) in [5.41, 5.74) is 12.2. The highest BCUT2D eigenvalue weighted by molar-refractivity contribution is 7.11. The second kappa shape index (κ2) is 7.75. The number of nitrogens with two attached hydrogens (primary N) is 1. The van der Waals surface area contributed by atoms with Crippen LogP contribution in [-0.2, 0) is 11.2 Å². The standard InChI is InChI=1S/C22H22N4O2S/c1-13-5-7-17-15(10-13)6-8-18(17)26(22(28)20-14(2)25-12-29-20)19(21(23)27)16-4-3-9-24-11-16/h3-5,7,9-12,18-19H,6,8H2,1-2H3,(H2,23,27)/t18-,19-/m1/s1. The second-order valence-corrected chi connectivity index (χ2v) is 8.18. The van der Waals surface area contributed by atoms with E-state index in [1.165, 1.54) is 22.5 Å². The average Bonchev–Trinajstić information content (AvgIpc) is 3.31. The number of carbonyl (C=O) groups excluding carboxylic acids is 2. The van der Waals surface area contributed by atoms with E-state index in [1.807, 2.05) is 6.07 Å². The van der Waals surface area contributed by atoms with Crippen molar-refractivity contribution in [3.05, 3.63) is 81.1 Å². The fourth-order valence-electron chi connectivity index (χ4n) is 4.08. The first-order valence-corrected chi connectivity index (χ1v) is 10.4. The molecule has 1 aliphatic rings. The number of nitrogens with zero attached hydrogens (tertiary/aromatic N) is 3. The minimum atomic E-state index is -0.907. The highest BCUT2D eigenvalue weighted by Gasteiger charge is 2.40. The van der Waals surface area contributed by atoms with Gasteiger partial charge in [-0.2, -0.15) is 0 Å². The number of rotatable bonds is 5. The van der Waals surface area contributed by atoms with Gasteiger partial charge < -0.3 is 10.6 Å². The molecule has 6 nitrogen and oxygen atoms in total. The Hall–Kier alpha value is -3.06. The monoisotopic (exact) mass is 406 g/mol. The summed E-state index contributed by atoms with van der Waals surface area (Å²) in [6, 6.07) is 8.64. The predicted octanol–water partition coefficient (Wildman–Crippen LogP) is 3.51. The first kappa shape index (κ1) is 19.3. The fraction of sp³-hybridized carbons (Fsp3) is 0.273. The van der Waals surface area contributed by atoms with Gasteiger partial charge in [-0.05, 0) is 43.9 Å². The van der Waals surface area contributed by atoms with Gasteiger partial charge in [0.1, 0.15) is 10.9 Å². The van der Waals surface area contributed by atoms with Gasteiger partial charge in [-0.1, -0.05) is 29.8 Å². The zero-order valence-corrected chi connectivity index (χ0v) is 17.1. The zero-order chi connectivity index (χ0) is 20.5. The molecule has 1 aliphatic carbocycles. The number of pyridine rings is 1. The van der Waals surface area contributed by atoms with E-state index in [4.69, 9.17) is 5.73 Å². The summed E-state index contributed by atoms with van der Waals surface area (Å²) >= 11 is 1.28. The Morgan fingerprint density at radius 2 is 2.10 bits per heavy atom. The number of aryl methyl sites for hydroxylation is 3. The number of fused-ring (bicyclic) bond motifs is 1. The molecule has 0 aliphatic heterocycles. The normalized spacial score (nSPS) is 16.3. The van der Waals surface area contributed by atoms with Crippen LogP contribution < -0.4 is 5.73 Å². The Morgan fingerprint density at radius 1 is 1.28 bits per heavy atom. The SMILES string of the molecule is Cc1ccc2c(c1)CC[C@H]2N(C(=O)c1scnc1C)[C@@H](C(N)=O)c1cccnc1. The van der Waals surface area contributed by atoms with E-state index in [-0.39, 0.29) is 11.9 Å². The van der Waals surface area contributed by atoms with Gasteiger partial charge >= 0.3 is 0 Å². The molecule has 0 unspecified atom stereocenters. The van der Waals surface area contributed by atoms with Gasteiger partial charge in [0.15, 0.2) is 0 Å². The lowest BCUT2D eigenvalue weighted by Crippen LogP contribution is -2.43. The first-order valence-electron chi connectivity index (χ1n) is 9.48. The maximum atomic E-state index is 13.7. The molecule has 7 heteroatoms. The summed E-state index contributed by atoms with van der Waals surface area (Å²) in [6.45, 7) is 3.86. The summed E-state index contributed by atoms with van der Waals surface area (Å²) in [6.07, 6.45) is 4.83. The molecule has 0 fully saturated rings. The number of benzene rings is 1. The Balaban J connectivity index is 1.85. The summed E-state index contributed by atoms with van der Waals surface area (Å²) in [5.74, 6) is -0.801. The molecule has 0 bridgehead atoms. The summed E-state index contributed by atoms with van der Waals surface area (Å²) < 4.78 is 0. The first-order chi connectivity index (χ1) is 14.0. The van der Waals surface area contributed by atoms with Crippen molar-refractivity contribution in [1.29, 1.82) is 0 Å². The lowest BCUT2D eigenvalue weighted by atomic mass is 9.99. The van der Waals surface area contributed by atoms with E-state index in [0.29, 0.717) is 16.1 Å². The van der Waals surface area contributed by atoms with Crippen LogP contribution in [0.3, 0.4) is 0 Å². The van der Waals surface area contributed by atoms with Gasteiger partial charge in [0, 0.05) is 18.0 Å². The molecule has 2 N–H and O–H groups in total. The van der Waals surface area contributed by atoms with Crippen molar-refractivity contribution in [3.8, 4) is 0 Å². The van der Waals surface area contributed by atoms with Crippen LogP contribution in [0.1, 0.15) is 56.1 Å². The molecule has 0 saturated carbocycles. The third-order valence-electron chi connectivity index (χ3n) is 5.40. The van der Waals surface area contributed by atoms with E-state index >= 15 is 0 Å². The summed E-state index contributed by atoms with van der Waals surface area (Å²) in [5, 5.41) is 0. The summed E-state index contributed by atoms with van der Waals surface area (Å²) in [7, 11) is 0. The Labute approximate surface area is 173 Å². The van der Waals surface area contributed by atoms with E-state index in [1.54, 1.807) is 41.9 Å². The summed E-state index contributed by atoms with van der Waals surface area (Å²) in [4.78, 5) is 36.8. The van der Waals surface area contributed by atoms with Gasteiger partial charge in [0.05, 0.1) is 17.2 Å². The molecule has 0 spiro atoms. The van der Waals surface area contributed by atoms with Crippen LogP contribution in [0.25, 0.3) is 0 Å². The van der Waals surface area contributed by atoms with Crippen molar-refractivity contribution < 1.29 is 9.59 Å². The second-order valence-electron chi connectivity index (χ2n) is 7.33. The maximum absolute atomic E-state index is 13.7. The van der Waals surface area contributed by atoms with Crippen LogP contribution in [0.2, 0.25) is 0 Å². The Bertz CT molecular complexity index is 1060. The molecule has 4 rings (SSSR count). The molecule has 3 aromatic rings. The maximum Gasteiger partial charge on any atom is 0.267 e. The van der Waals surface area contributed by atoms with Crippen LogP contribution in [0, 0.1) is 13.8 Å². The Morgan fingerprint density at radius 3 is 2.76 bits per heavy atom. The number of hydrogen-bond donors (Lipinski definition) is 1. The van der Waals surface area contributed by atoms with E-state index in [9.17, 15) is 9.59 Å². The van der Waals surface area contributed by atoms with Gasteiger partial charge in [-0.25, -0.2) is 4.98 Å². The van der Waals surface area contributed by atoms with E-state index in [2.05, 4.69) is 29.0 Å². The van der Waals surface area contributed by atoms with E-state index < -0.39 is 11.9 Å². The number of hydrogen-bond acceptors (Lipinski definition) is 5. The highest BCUT2D eigenvalue weighted by Crippen LogP contribution is 2.41. The third-order valence-corrected chi connectivity index (χ3v) is 6.32. The van der Waals surface area contributed by atoms with Gasteiger partial charge in [-0.3, -0.25) is 14.6 Å². The molecule has 148 valence electrons. The van der Waals surface area contributed by atoms with Crippen molar-refractivity contribution >= 4 is 23.2 Å². The van der Waals surface area contributed by atoms with Crippen LogP contribution in [-0.4, -0.2) is 26.7 Å². The van der Waals surface area contributed by atoms with Crippen LogP contribution in [0.4, 0.5) is 0 Å². The van der Waals surface area contributed by atoms with Crippen molar-refractivity contribution in [1.82, 2.24) is 14.9 Å². The molecule has 2 heterocycles. The minimum Gasteiger partial charge on any atom is -0.368 e. The zero-order valence-electron chi connectivity index (χ0n) is 16.3. The smallest absolute Gasteiger partial charge is 0.267 e. The average molecular weight is 407 g/mol. The largest absolute Gasteiger partial charge is 0.368 e. The lowest BCUT2D eigenvalue weighted by molar-refractivity contribution is -0.123. The van der Waals surface area contributed by atoms with Crippen LogP contribution in [0.5, 0.6) is 0 Å². The third kappa shape index (κ3) is 3.53. The number of aromatic nitrogens is 2. The quantitative estimate of drug-likeness (QED) is 0.702. The number of amides is 2. The molecule has 2 aromatic heterocycles. The van der Waals surface area contributed by atoms with Crippen molar-refractivity contribution in [2.75, 3.05) is 0 Å². The lowest BCUT2D eigenvalue weighted by Gasteiger charge is -2.35. The van der Waals surface area contributed by atoms with Crippen molar-refractivity contribution in [2.24, 2.45) is 5.73 Å². The van der Waals surface area contributed by atoms with Gasteiger partial charge in [0.25, 0.3) is 5.91 Å². The molecule has 1 aromatic carbocycles. The molecule has 29 heavy (non-hydrogen) atoms. The number of thiazole rings is 1. The van der Waals surface area contributed by atoms with Crippen molar-refractivity contribution in [3.63, 3.8) is 0 Å². The highest BCUT2D eigenvalue weighted by atomic mass is 32.1. The topological polar surface area (TPSA) is 89.2 Å². The molecule has 2 atom stereocenters. The van der Waals surface area contributed by atoms with E-state index in [0.717, 1.165) is 18.4 Å². The van der Waals surface area contributed by atoms with Gasteiger partial charge in [-0.15, -0.1) is 11.3 Å². The minimum absolute atomic E-state index is 0.226. The van der Waals surface area contributed by atoms with Crippen LogP contribution >= 0.6 is 11.3 Å². The molecule has 0 saturated heterocycles. The number of carbonyl (C=O) groups is 2. The van der Waals surface area contributed by atoms with Crippen LogP contribution in [0.15, 0.2) is 48.2 Å². The molecule has 0 radical (unpaired) electrons.